The van der Waals surface area contributed by atoms with Gasteiger partial charge in [0.2, 0.25) is 10.0 Å². The van der Waals surface area contributed by atoms with E-state index >= 15 is 0 Å². The van der Waals surface area contributed by atoms with Gasteiger partial charge in [-0.3, -0.25) is 4.79 Å². The molecule has 1 aromatic carbocycles. The Hall–Kier alpha value is -1.60. The second kappa shape index (κ2) is 6.13. The van der Waals surface area contributed by atoms with Crippen molar-refractivity contribution >= 4 is 16.0 Å². The minimum atomic E-state index is -3.84. The van der Waals surface area contributed by atoms with Crippen molar-refractivity contribution in [3.05, 3.63) is 23.8 Å². The molecule has 7 heteroatoms. The van der Waals surface area contributed by atoms with E-state index in [1.807, 2.05) is 0 Å². The summed E-state index contributed by atoms with van der Waals surface area (Å²) in [5.74, 6) is -0.649. The van der Waals surface area contributed by atoms with Crippen LogP contribution in [0.25, 0.3) is 0 Å². The molecule has 128 valence electrons. The second-order valence-electron chi connectivity index (χ2n) is 6.74. The Morgan fingerprint density at radius 3 is 2.57 bits per heavy atom. The van der Waals surface area contributed by atoms with Crippen molar-refractivity contribution in [3.8, 4) is 5.75 Å². The molecule has 0 saturated heterocycles. The molecule has 0 aliphatic carbocycles. The molecule has 1 aromatic rings. The lowest BCUT2D eigenvalue weighted by atomic mass is 9.79. The third-order valence-electron chi connectivity index (χ3n) is 4.26. The number of carboxylic acid groups (broad SMARTS) is 1. The van der Waals surface area contributed by atoms with E-state index in [4.69, 9.17) is 4.74 Å². The third-order valence-corrected chi connectivity index (χ3v) is 5.69. The van der Waals surface area contributed by atoms with Gasteiger partial charge in [0.05, 0.1) is 16.9 Å². The third kappa shape index (κ3) is 3.50. The zero-order chi connectivity index (χ0) is 17.4. The van der Waals surface area contributed by atoms with Crippen LogP contribution < -0.4 is 9.46 Å². The number of fused-ring (bicyclic) bond motifs is 1. The SMILES string of the molecule is CC(C)C(NS(=O)(=O)c1ccc2c(c1)OCC2)C(C)(C)C(=O)O. The summed E-state index contributed by atoms with van der Waals surface area (Å²) in [7, 11) is -3.84. The van der Waals surface area contributed by atoms with Gasteiger partial charge in [0, 0.05) is 18.5 Å². The van der Waals surface area contributed by atoms with Crippen LogP contribution >= 0.6 is 0 Å². The average molecular weight is 341 g/mol. The van der Waals surface area contributed by atoms with E-state index in [0.717, 1.165) is 12.0 Å². The molecule has 0 fully saturated rings. The standard InChI is InChI=1S/C16H23NO5S/c1-10(2)14(16(3,4)15(18)19)17-23(20,21)12-6-5-11-7-8-22-13(11)9-12/h5-6,9-10,14,17H,7-8H2,1-4H3,(H,18,19). The summed E-state index contributed by atoms with van der Waals surface area (Å²) >= 11 is 0. The monoisotopic (exact) mass is 341 g/mol. The van der Waals surface area contributed by atoms with Gasteiger partial charge in [-0.1, -0.05) is 19.9 Å². The summed E-state index contributed by atoms with van der Waals surface area (Å²) in [5, 5.41) is 9.40. The first kappa shape index (κ1) is 17.7. The van der Waals surface area contributed by atoms with Gasteiger partial charge >= 0.3 is 5.97 Å². The maximum atomic E-state index is 12.7. The molecule has 0 aromatic heterocycles. The van der Waals surface area contributed by atoms with Crippen LogP contribution in [0.3, 0.4) is 0 Å². The highest BCUT2D eigenvalue weighted by molar-refractivity contribution is 7.89. The number of benzene rings is 1. The minimum absolute atomic E-state index is 0.0880. The Bertz CT molecular complexity index is 709. The molecule has 2 rings (SSSR count). The van der Waals surface area contributed by atoms with Crippen LogP contribution in [0.4, 0.5) is 0 Å². The minimum Gasteiger partial charge on any atom is -0.493 e. The molecular formula is C16H23NO5S. The van der Waals surface area contributed by atoms with Crippen molar-refractivity contribution in [2.75, 3.05) is 6.61 Å². The van der Waals surface area contributed by atoms with Crippen LogP contribution in [0.15, 0.2) is 23.1 Å². The van der Waals surface area contributed by atoms with Crippen molar-refractivity contribution in [2.24, 2.45) is 11.3 Å². The van der Waals surface area contributed by atoms with Crippen LogP contribution in [0.2, 0.25) is 0 Å². The largest absolute Gasteiger partial charge is 0.493 e. The highest BCUT2D eigenvalue weighted by Crippen LogP contribution is 2.31. The van der Waals surface area contributed by atoms with Crippen LogP contribution in [-0.2, 0) is 21.2 Å². The first-order valence-electron chi connectivity index (χ1n) is 7.57. The normalized spacial score (nSPS) is 16.0. The first-order valence-corrected chi connectivity index (χ1v) is 9.05. The maximum Gasteiger partial charge on any atom is 0.310 e. The smallest absolute Gasteiger partial charge is 0.310 e. The van der Waals surface area contributed by atoms with Gasteiger partial charge in [-0.15, -0.1) is 0 Å². The van der Waals surface area contributed by atoms with Crippen LogP contribution in [-0.4, -0.2) is 32.1 Å². The highest BCUT2D eigenvalue weighted by Gasteiger charge is 2.41. The molecule has 0 amide bonds. The summed E-state index contributed by atoms with van der Waals surface area (Å²) in [6, 6.07) is 4.03. The van der Waals surface area contributed by atoms with E-state index in [0.29, 0.717) is 12.4 Å². The van der Waals surface area contributed by atoms with Gasteiger partial charge in [0.25, 0.3) is 0 Å². The van der Waals surface area contributed by atoms with E-state index in [-0.39, 0.29) is 10.8 Å². The molecule has 23 heavy (non-hydrogen) atoms. The molecular weight excluding hydrogens is 318 g/mol. The van der Waals surface area contributed by atoms with Crippen molar-refractivity contribution in [3.63, 3.8) is 0 Å². The molecule has 1 atom stereocenters. The van der Waals surface area contributed by atoms with Crippen LogP contribution in [0.5, 0.6) is 5.75 Å². The topological polar surface area (TPSA) is 92.7 Å². The zero-order valence-corrected chi connectivity index (χ0v) is 14.6. The fourth-order valence-corrected chi connectivity index (χ4v) is 4.35. The number of carboxylic acids is 1. The number of hydrogen-bond acceptors (Lipinski definition) is 4. The Kier molecular flexibility index (Phi) is 4.73. The van der Waals surface area contributed by atoms with E-state index in [2.05, 4.69) is 4.72 Å². The Morgan fingerprint density at radius 2 is 2.00 bits per heavy atom. The van der Waals surface area contributed by atoms with Gasteiger partial charge in [-0.2, -0.15) is 0 Å². The molecule has 1 aliphatic heterocycles. The van der Waals surface area contributed by atoms with Crippen molar-refractivity contribution in [1.82, 2.24) is 4.72 Å². The number of ether oxygens (including phenoxy) is 1. The average Bonchev–Trinajstić information content (AvgIpc) is 2.91. The lowest BCUT2D eigenvalue weighted by Gasteiger charge is -2.33. The lowest BCUT2D eigenvalue weighted by molar-refractivity contribution is -0.149. The molecule has 0 spiro atoms. The number of nitrogens with one attached hydrogen (secondary N) is 1. The number of sulfonamides is 1. The summed E-state index contributed by atoms with van der Waals surface area (Å²) < 4.78 is 33.3. The van der Waals surface area contributed by atoms with Crippen LogP contribution in [0, 0.1) is 11.3 Å². The summed E-state index contributed by atoms with van der Waals surface area (Å²) in [5.41, 5.74) is -0.246. The van der Waals surface area contributed by atoms with E-state index in [9.17, 15) is 18.3 Å². The van der Waals surface area contributed by atoms with Gasteiger partial charge in [0.15, 0.2) is 0 Å². The van der Waals surface area contributed by atoms with E-state index < -0.39 is 27.4 Å². The van der Waals surface area contributed by atoms with Crippen LogP contribution in [0.1, 0.15) is 33.3 Å². The summed E-state index contributed by atoms with van der Waals surface area (Å²) in [4.78, 5) is 11.6. The Balaban J connectivity index is 2.33. The van der Waals surface area contributed by atoms with Crippen molar-refractivity contribution in [1.29, 1.82) is 0 Å². The molecule has 0 radical (unpaired) electrons. The highest BCUT2D eigenvalue weighted by atomic mass is 32.2. The zero-order valence-electron chi connectivity index (χ0n) is 13.8. The number of carbonyl (C=O) groups is 1. The van der Waals surface area contributed by atoms with Gasteiger partial charge in [-0.05, 0) is 31.4 Å². The quantitative estimate of drug-likeness (QED) is 0.826. The fraction of sp³-hybridized carbons (Fsp3) is 0.562. The maximum absolute atomic E-state index is 12.7. The molecule has 2 N–H and O–H groups in total. The first-order chi connectivity index (χ1) is 10.6. The molecule has 6 nitrogen and oxygen atoms in total. The summed E-state index contributed by atoms with van der Waals surface area (Å²) in [6.45, 7) is 7.18. The van der Waals surface area contributed by atoms with E-state index in [1.54, 1.807) is 19.9 Å². The fourth-order valence-electron chi connectivity index (χ4n) is 2.80. The summed E-state index contributed by atoms with van der Waals surface area (Å²) in [6.07, 6.45) is 0.768. The molecule has 1 unspecified atom stereocenters. The Morgan fingerprint density at radius 1 is 1.35 bits per heavy atom. The molecule has 1 heterocycles. The van der Waals surface area contributed by atoms with Crippen molar-refractivity contribution < 1.29 is 23.1 Å². The van der Waals surface area contributed by atoms with E-state index in [1.165, 1.54) is 26.0 Å². The number of aliphatic carboxylic acids is 1. The number of rotatable bonds is 6. The molecule has 0 saturated carbocycles. The predicted octanol–water partition coefficient (Wildman–Crippen LogP) is 2.04. The van der Waals surface area contributed by atoms with Crippen molar-refractivity contribution in [2.45, 2.75) is 45.1 Å². The molecule has 1 aliphatic rings. The van der Waals surface area contributed by atoms with Gasteiger partial charge in [-0.25, -0.2) is 13.1 Å². The number of hydrogen-bond donors (Lipinski definition) is 2. The lowest BCUT2D eigenvalue weighted by Crippen LogP contribution is -2.51. The van der Waals surface area contributed by atoms with Gasteiger partial charge < -0.3 is 9.84 Å². The predicted molar refractivity (Wildman–Crippen MR) is 86.0 cm³/mol. The Labute approximate surface area is 136 Å². The van der Waals surface area contributed by atoms with Gasteiger partial charge in [0.1, 0.15) is 5.75 Å². The molecule has 0 bridgehead atoms. The second-order valence-corrected chi connectivity index (χ2v) is 8.45.